The van der Waals surface area contributed by atoms with E-state index in [0.29, 0.717) is 40.8 Å². The fraction of sp³-hybridized carbons (Fsp3) is 0.600. The summed E-state index contributed by atoms with van der Waals surface area (Å²) in [6, 6.07) is 5.72. The number of carbonyl (C=O) groups excluding carboxylic acids is 2. The van der Waals surface area contributed by atoms with Gasteiger partial charge in [-0.05, 0) is 69.2 Å². The topological polar surface area (TPSA) is 103 Å². The van der Waals surface area contributed by atoms with E-state index in [2.05, 4.69) is 39.4 Å². The number of ether oxygens (including phenoxy) is 1. The Hall–Kier alpha value is -3.40. The Kier molecular flexibility index (Phi) is 7.29. The highest BCUT2D eigenvalue weighted by Gasteiger charge is 2.42. The predicted octanol–water partition coefficient (Wildman–Crippen LogP) is 3.80. The molecule has 2 unspecified atom stereocenters. The van der Waals surface area contributed by atoms with E-state index in [9.17, 15) is 9.59 Å². The minimum atomic E-state index is -0.226. The Labute approximate surface area is 236 Å². The van der Waals surface area contributed by atoms with E-state index in [1.807, 2.05) is 12.1 Å². The lowest BCUT2D eigenvalue weighted by atomic mass is 10.0. The first-order valence-electron chi connectivity index (χ1n) is 14.7. The van der Waals surface area contributed by atoms with Gasteiger partial charge in [0.25, 0.3) is 5.91 Å². The van der Waals surface area contributed by atoms with Crippen molar-refractivity contribution in [3.63, 3.8) is 0 Å². The SMILES string of the molecule is CCC1C(=O)N(C)c2cnc(Nc3ccc(C(=O)NC4C[C@@H]5CN(C)C[C@@H]5C4)cc3OC)nc2N1C1CCCC1. The molecule has 1 aromatic heterocycles. The number of benzene rings is 1. The number of nitrogens with zero attached hydrogens (tertiary/aromatic N) is 5. The van der Waals surface area contributed by atoms with Crippen LogP contribution in [0.2, 0.25) is 0 Å². The van der Waals surface area contributed by atoms with Gasteiger partial charge in [0.05, 0.1) is 19.0 Å². The number of amides is 2. The second kappa shape index (κ2) is 10.9. The van der Waals surface area contributed by atoms with Gasteiger partial charge in [0.2, 0.25) is 11.9 Å². The Morgan fingerprint density at radius 3 is 2.52 bits per heavy atom. The fourth-order valence-electron chi connectivity index (χ4n) is 7.42. The van der Waals surface area contributed by atoms with Crippen molar-refractivity contribution in [1.29, 1.82) is 0 Å². The van der Waals surface area contributed by atoms with Gasteiger partial charge in [-0.15, -0.1) is 0 Å². The molecule has 10 nitrogen and oxygen atoms in total. The number of carbonyl (C=O) groups is 2. The summed E-state index contributed by atoms with van der Waals surface area (Å²) in [7, 11) is 5.57. The van der Waals surface area contributed by atoms with Crippen molar-refractivity contribution < 1.29 is 14.3 Å². The van der Waals surface area contributed by atoms with Crippen molar-refractivity contribution in [3.8, 4) is 5.75 Å². The van der Waals surface area contributed by atoms with Crippen LogP contribution in [0.1, 0.15) is 62.2 Å². The minimum Gasteiger partial charge on any atom is -0.495 e. The van der Waals surface area contributed by atoms with Crippen molar-refractivity contribution in [1.82, 2.24) is 20.2 Å². The summed E-state index contributed by atoms with van der Waals surface area (Å²) >= 11 is 0. The van der Waals surface area contributed by atoms with Crippen LogP contribution in [0.3, 0.4) is 0 Å². The highest BCUT2D eigenvalue weighted by Crippen LogP contribution is 2.41. The van der Waals surface area contributed by atoms with Gasteiger partial charge in [0, 0.05) is 37.8 Å². The number of rotatable bonds is 7. The first-order chi connectivity index (χ1) is 19.4. The first-order valence-corrected chi connectivity index (χ1v) is 14.7. The van der Waals surface area contributed by atoms with Crippen LogP contribution in [0.25, 0.3) is 0 Å². The van der Waals surface area contributed by atoms with Crippen LogP contribution in [0.5, 0.6) is 5.75 Å². The summed E-state index contributed by atoms with van der Waals surface area (Å²) in [6.45, 7) is 4.31. The maximum atomic E-state index is 13.2. The number of hydrogen-bond donors (Lipinski definition) is 2. The molecule has 40 heavy (non-hydrogen) atoms. The quantitative estimate of drug-likeness (QED) is 0.540. The summed E-state index contributed by atoms with van der Waals surface area (Å²) in [5.41, 5.74) is 1.98. The third-order valence-corrected chi connectivity index (χ3v) is 9.39. The van der Waals surface area contributed by atoms with E-state index in [4.69, 9.17) is 9.72 Å². The van der Waals surface area contributed by atoms with Crippen LogP contribution >= 0.6 is 0 Å². The average molecular weight is 548 g/mol. The molecule has 10 heteroatoms. The Morgan fingerprint density at radius 2 is 1.85 bits per heavy atom. The molecule has 4 aliphatic rings. The number of aromatic nitrogens is 2. The largest absolute Gasteiger partial charge is 0.495 e. The molecular weight excluding hydrogens is 506 g/mol. The molecule has 2 N–H and O–H groups in total. The molecule has 4 atom stereocenters. The standard InChI is InChI=1S/C30H41N7O3/c1-5-24-29(39)36(3)25-15-31-30(34-27(25)37(24)22-8-6-7-9-22)33-23-11-10-18(14-26(23)40-4)28(38)32-21-12-19-16-35(2)17-20(19)13-21/h10-11,14-15,19-22,24H,5-9,12-13,16-17H2,1-4H3,(H,32,38)(H,31,33,34)/t19-,20+,21?,24?. The number of anilines is 4. The van der Waals surface area contributed by atoms with Crippen molar-refractivity contribution in [3.05, 3.63) is 30.0 Å². The van der Waals surface area contributed by atoms with Crippen molar-refractivity contribution in [2.45, 2.75) is 70.0 Å². The van der Waals surface area contributed by atoms with E-state index >= 15 is 0 Å². The molecule has 2 saturated carbocycles. The fourth-order valence-corrected chi connectivity index (χ4v) is 7.42. The number of fused-ring (bicyclic) bond motifs is 2. The lowest BCUT2D eigenvalue weighted by molar-refractivity contribution is -0.120. The van der Waals surface area contributed by atoms with Gasteiger partial charge in [0.1, 0.15) is 17.5 Å². The van der Waals surface area contributed by atoms with Crippen molar-refractivity contribution >= 4 is 35.0 Å². The van der Waals surface area contributed by atoms with Crippen LogP contribution < -0.4 is 25.2 Å². The molecule has 0 bridgehead atoms. The normalized spacial score (nSPS) is 26.6. The highest BCUT2D eigenvalue weighted by molar-refractivity contribution is 6.04. The first kappa shape index (κ1) is 26.8. The molecule has 2 amide bonds. The molecule has 3 fully saturated rings. The summed E-state index contributed by atoms with van der Waals surface area (Å²) in [4.78, 5) is 42.0. The molecule has 2 aliphatic heterocycles. The molecule has 0 spiro atoms. The minimum absolute atomic E-state index is 0.0706. The van der Waals surface area contributed by atoms with Gasteiger partial charge < -0.3 is 30.1 Å². The summed E-state index contributed by atoms with van der Waals surface area (Å²) < 4.78 is 5.66. The lowest BCUT2D eigenvalue weighted by Gasteiger charge is -2.43. The van der Waals surface area contributed by atoms with Gasteiger partial charge in [-0.1, -0.05) is 19.8 Å². The smallest absolute Gasteiger partial charge is 0.251 e. The maximum absolute atomic E-state index is 13.2. The van der Waals surface area contributed by atoms with E-state index in [1.54, 1.807) is 31.3 Å². The van der Waals surface area contributed by atoms with Gasteiger partial charge in [-0.25, -0.2) is 4.98 Å². The molecular formula is C30H41N7O3. The van der Waals surface area contributed by atoms with E-state index in [0.717, 1.165) is 56.7 Å². The van der Waals surface area contributed by atoms with Crippen LogP contribution in [0.15, 0.2) is 24.4 Å². The number of hydrogen-bond acceptors (Lipinski definition) is 8. The maximum Gasteiger partial charge on any atom is 0.251 e. The third-order valence-electron chi connectivity index (χ3n) is 9.39. The Balaban J connectivity index is 1.20. The second-order valence-corrected chi connectivity index (χ2v) is 12.0. The zero-order valence-corrected chi connectivity index (χ0v) is 24.0. The Morgan fingerprint density at radius 1 is 1.12 bits per heavy atom. The molecule has 0 radical (unpaired) electrons. The summed E-state index contributed by atoms with van der Waals surface area (Å²) in [5, 5.41) is 6.55. The molecule has 2 aliphatic carbocycles. The van der Waals surface area contributed by atoms with Crippen LogP contribution in [-0.2, 0) is 4.79 Å². The zero-order valence-electron chi connectivity index (χ0n) is 24.0. The zero-order chi connectivity index (χ0) is 28.0. The predicted molar refractivity (Wildman–Crippen MR) is 155 cm³/mol. The van der Waals surface area contributed by atoms with Crippen molar-refractivity contribution in [2.75, 3.05) is 49.4 Å². The number of methoxy groups -OCH3 is 1. The number of likely N-dealkylation sites (tertiary alicyclic amines) is 1. The molecule has 1 saturated heterocycles. The molecule has 3 heterocycles. The van der Waals surface area contributed by atoms with Gasteiger partial charge in [0.15, 0.2) is 5.82 Å². The van der Waals surface area contributed by atoms with E-state index < -0.39 is 0 Å². The molecule has 2 aromatic rings. The molecule has 1 aromatic carbocycles. The monoisotopic (exact) mass is 547 g/mol. The highest BCUT2D eigenvalue weighted by atomic mass is 16.5. The van der Waals surface area contributed by atoms with E-state index in [1.165, 1.54) is 12.8 Å². The number of likely N-dealkylation sites (N-methyl/N-ethyl adjacent to an activating group) is 1. The van der Waals surface area contributed by atoms with Crippen LogP contribution in [0.4, 0.5) is 23.1 Å². The average Bonchev–Trinajstić information content (AvgIpc) is 3.68. The lowest BCUT2D eigenvalue weighted by Crippen LogP contribution is -2.55. The third kappa shape index (κ3) is 4.87. The number of nitrogens with one attached hydrogen (secondary N) is 2. The molecule has 6 rings (SSSR count). The summed E-state index contributed by atoms with van der Waals surface area (Å²) in [5.74, 6) is 3.16. The van der Waals surface area contributed by atoms with Gasteiger partial charge >= 0.3 is 0 Å². The second-order valence-electron chi connectivity index (χ2n) is 12.0. The molecule has 214 valence electrons. The van der Waals surface area contributed by atoms with Gasteiger partial charge in [-0.2, -0.15) is 4.98 Å². The van der Waals surface area contributed by atoms with E-state index in [-0.39, 0.29) is 23.9 Å². The van der Waals surface area contributed by atoms with Crippen LogP contribution in [0, 0.1) is 11.8 Å². The van der Waals surface area contributed by atoms with Gasteiger partial charge in [-0.3, -0.25) is 9.59 Å². The Bertz CT molecular complexity index is 1270. The van der Waals surface area contributed by atoms with Crippen molar-refractivity contribution in [2.24, 2.45) is 11.8 Å². The van der Waals surface area contributed by atoms with Crippen LogP contribution in [-0.4, -0.2) is 79.1 Å². The summed E-state index contributed by atoms with van der Waals surface area (Å²) in [6.07, 6.45) is 9.01.